The number of halogens is 2. The van der Waals surface area contributed by atoms with Crippen LogP contribution in [0.1, 0.15) is 25.7 Å². The minimum absolute atomic E-state index is 0.190. The Morgan fingerprint density at radius 2 is 2.14 bits per heavy atom. The van der Waals surface area contributed by atoms with Crippen molar-refractivity contribution >= 4 is 46.0 Å². The summed E-state index contributed by atoms with van der Waals surface area (Å²) in [6, 6.07) is -0.533. The minimum atomic E-state index is -0.533. The zero-order valence-electron chi connectivity index (χ0n) is 11.9. The third-order valence-corrected chi connectivity index (χ3v) is 5.23. The molecular formula is C16H16ClIN2O2. The third-order valence-electron chi connectivity index (χ3n) is 4.05. The van der Waals surface area contributed by atoms with E-state index in [0.29, 0.717) is 29.1 Å². The van der Waals surface area contributed by atoms with Gasteiger partial charge in [0.25, 0.3) is 5.91 Å². The second-order valence-corrected chi connectivity index (χ2v) is 7.33. The summed E-state index contributed by atoms with van der Waals surface area (Å²) in [6.45, 7) is 0. The molecule has 2 atom stereocenters. The van der Waals surface area contributed by atoms with Gasteiger partial charge >= 0.3 is 0 Å². The standard InChI is InChI=1S/C16H16ClIN2O2/c17-12-3-1-2-11-14(12)20-16(22)13(19-15(11)21)8-9-4-6-10(18)7-5-9/h2,4,6-7,9,13H,1,3,5,8H2,(H,19,21)(H,20,22)/t9?,13-/m1/s1. The number of hydrogen-bond acceptors (Lipinski definition) is 2. The molecule has 1 unspecified atom stereocenters. The lowest BCUT2D eigenvalue weighted by molar-refractivity contribution is -0.126. The van der Waals surface area contributed by atoms with Gasteiger partial charge < -0.3 is 10.6 Å². The van der Waals surface area contributed by atoms with Gasteiger partial charge in [0.1, 0.15) is 6.04 Å². The van der Waals surface area contributed by atoms with Crippen molar-refractivity contribution in [2.24, 2.45) is 5.92 Å². The minimum Gasteiger partial charge on any atom is -0.340 e. The molecule has 0 saturated carbocycles. The maximum atomic E-state index is 12.4. The van der Waals surface area contributed by atoms with Gasteiger partial charge in [-0.15, -0.1) is 0 Å². The van der Waals surface area contributed by atoms with E-state index in [2.05, 4.69) is 45.4 Å². The lowest BCUT2D eigenvalue weighted by Crippen LogP contribution is -2.43. The summed E-state index contributed by atoms with van der Waals surface area (Å²) < 4.78 is 1.20. The number of hydrogen-bond donors (Lipinski definition) is 2. The maximum absolute atomic E-state index is 12.4. The maximum Gasteiger partial charge on any atom is 0.253 e. The van der Waals surface area contributed by atoms with Crippen molar-refractivity contribution in [2.75, 3.05) is 0 Å². The number of carbonyl (C=O) groups excluding carboxylic acids is 2. The van der Waals surface area contributed by atoms with Crippen LogP contribution in [0.15, 0.2) is 44.2 Å². The molecule has 116 valence electrons. The summed E-state index contributed by atoms with van der Waals surface area (Å²) in [5.74, 6) is -0.154. The predicted octanol–water partition coefficient (Wildman–Crippen LogP) is 3.06. The molecule has 1 aliphatic heterocycles. The normalized spacial score (nSPS) is 28.3. The molecule has 0 bridgehead atoms. The first-order valence-electron chi connectivity index (χ1n) is 7.29. The van der Waals surface area contributed by atoms with Gasteiger partial charge in [-0.05, 0) is 54.2 Å². The SMILES string of the molecule is O=C1N[C@H](CC2C=CC(I)=CC2)C(=O)NC2=C(Cl)CCC=C12. The van der Waals surface area contributed by atoms with Crippen LogP contribution < -0.4 is 10.6 Å². The Bertz CT molecular complexity index is 649. The molecule has 0 aromatic rings. The molecule has 0 aromatic carbocycles. The number of allylic oxidation sites excluding steroid dienone is 6. The van der Waals surface area contributed by atoms with Crippen LogP contribution in [0.25, 0.3) is 0 Å². The highest BCUT2D eigenvalue weighted by atomic mass is 127. The molecule has 3 rings (SSSR count). The summed E-state index contributed by atoms with van der Waals surface area (Å²) in [5, 5.41) is 6.22. The molecule has 2 N–H and O–H groups in total. The quantitative estimate of drug-likeness (QED) is 0.662. The molecule has 2 amide bonds. The Morgan fingerprint density at radius 3 is 2.86 bits per heavy atom. The number of rotatable bonds is 2. The van der Waals surface area contributed by atoms with Crippen LogP contribution in [0.4, 0.5) is 0 Å². The zero-order chi connectivity index (χ0) is 15.7. The van der Waals surface area contributed by atoms with Crippen LogP contribution in [0, 0.1) is 5.92 Å². The molecule has 1 saturated heterocycles. The highest BCUT2D eigenvalue weighted by Gasteiger charge is 2.33. The summed E-state index contributed by atoms with van der Waals surface area (Å²) >= 11 is 8.45. The van der Waals surface area contributed by atoms with Crippen molar-refractivity contribution in [3.8, 4) is 0 Å². The smallest absolute Gasteiger partial charge is 0.253 e. The number of amides is 2. The van der Waals surface area contributed by atoms with Crippen LogP contribution in [0.5, 0.6) is 0 Å². The van der Waals surface area contributed by atoms with Crippen molar-refractivity contribution < 1.29 is 9.59 Å². The second kappa shape index (κ2) is 6.58. The van der Waals surface area contributed by atoms with Crippen molar-refractivity contribution in [2.45, 2.75) is 31.7 Å². The first kappa shape index (κ1) is 15.8. The molecule has 3 aliphatic rings. The Labute approximate surface area is 147 Å². The molecule has 1 heterocycles. The van der Waals surface area contributed by atoms with Crippen LogP contribution in [-0.4, -0.2) is 17.9 Å². The first-order valence-corrected chi connectivity index (χ1v) is 8.75. The van der Waals surface area contributed by atoms with E-state index in [1.165, 1.54) is 3.58 Å². The Hall–Kier alpha value is -1.08. The largest absolute Gasteiger partial charge is 0.340 e. The number of nitrogens with one attached hydrogen (secondary N) is 2. The van der Waals surface area contributed by atoms with E-state index in [4.69, 9.17) is 11.6 Å². The number of carbonyl (C=O) groups is 2. The second-order valence-electron chi connectivity index (χ2n) is 5.63. The third kappa shape index (κ3) is 3.30. The molecule has 2 aliphatic carbocycles. The van der Waals surface area contributed by atoms with E-state index in [0.717, 1.165) is 12.8 Å². The Kier molecular flexibility index (Phi) is 4.73. The van der Waals surface area contributed by atoms with Gasteiger partial charge in [-0.25, -0.2) is 0 Å². The fourth-order valence-corrected chi connectivity index (χ4v) is 3.57. The summed E-state index contributed by atoms with van der Waals surface area (Å²) in [7, 11) is 0. The fraction of sp³-hybridized carbons (Fsp3) is 0.375. The predicted molar refractivity (Wildman–Crippen MR) is 94.2 cm³/mol. The van der Waals surface area contributed by atoms with E-state index in [1.807, 2.05) is 12.2 Å². The Balaban J connectivity index is 1.77. The zero-order valence-corrected chi connectivity index (χ0v) is 14.8. The van der Waals surface area contributed by atoms with Gasteiger partial charge in [0.05, 0.1) is 11.3 Å². The van der Waals surface area contributed by atoms with Crippen molar-refractivity contribution in [1.29, 1.82) is 0 Å². The van der Waals surface area contributed by atoms with E-state index in [-0.39, 0.29) is 17.7 Å². The molecular weight excluding hydrogens is 415 g/mol. The van der Waals surface area contributed by atoms with Crippen LogP contribution >= 0.6 is 34.2 Å². The topological polar surface area (TPSA) is 58.2 Å². The lowest BCUT2D eigenvalue weighted by Gasteiger charge is -2.20. The Morgan fingerprint density at radius 1 is 1.32 bits per heavy atom. The van der Waals surface area contributed by atoms with Crippen LogP contribution in [0.2, 0.25) is 0 Å². The highest BCUT2D eigenvalue weighted by molar-refractivity contribution is 14.1. The number of fused-ring (bicyclic) bond motifs is 1. The monoisotopic (exact) mass is 430 g/mol. The van der Waals surface area contributed by atoms with Crippen LogP contribution in [-0.2, 0) is 9.59 Å². The van der Waals surface area contributed by atoms with Gasteiger partial charge in [-0.3, -0.25) is 9.59 Å². The lowest BCUT2D eigenvalue weighted by atomic mass is 9.93. The van der Waals surface area contributed by atoms with Gasteiger partial charge in [0, 0.05) is 8.61 Å². The molecule has 0 radical (unpaired) electrons. The van der Waals surface area contributed by atoms with E-state index in [9.17, 15) is 9.59 Å². The van der Waals surface area contributed by atoms with Gasteiger partial charge in [-0.1, -0.05) is 35.9 Å². The van der Waals surface area contributed by atoms with E-state index in [1.54, 1.807) is 0 Å². The van der Waals surface area contributed by atoms with E-state index < -0.39 is 6.04 Å². The molecule has 22 heavy (non-hydrogen) atoms. The average molecular weight is 431 g/mol. The van der Waals surface area contributed by atoms with Crippen molar-refractivity contribution in [3.05, 3.63) is 44.2 Å². The van der Waals surface area contributed by atoms with Crippen molar-refractivity contribution in [1.82, 2.24) is 10.6 Å². The fourth-order valence-electron chi connectivity index (χ4n) is 2.85. The average Bonchev–Trinajstić information content (AvgIpc) is 2.61. The van der Waals surface area contributed by atoms with Gasteiger partial charge in [0.2, 0.25) is 5.91 Å². The highest BCUT2D eigenvalue weighted by Crippen LogP contribution is 2.29. The van der Waals surface area contributed by atoms with Gasteiger partial charge in [0.15, 0.2) is 0 Å². The molecule has 0 spiro atoms. The molecule has 1 fully saturated rings. The molecule has 4 nitrogen and oxygen atoms in total. The molecule has 6 heteroatoms. The summed E-state index contributed by atoms with van der Waals surface area (Å²) in [4.78, 5) is 24.8. The summed E-state index contributed by atoms with van der Waals surface area (Å²) in [5.41, 5.74) is 0.965. The van der Waals surface area contributed by atoms with E-state index >= 15 is 0 Å². The summed E-state index contributed by atoms with van der Waals surface area (Å²) in [6.07, 6.45) is 11.0. The van der Waals surface area contributed by atoms with Crippen molar-refractivity contribution in [3.63, 3.8) is 0 Å². The molecule has 0 aromatic heterocycles. The van der Waals surface area contributed by atoms with Gasteiger partial charge in [-0.2, -0.15) is 0 Å². The first-order chi connectivity index (χ1) is 10.5. The van der Waals surface area contributed by atoms with Crippen LogP contribution in [0.3, 0.4) is 0 Å².